The van der Waals surface area contributed by atoms with Crippen molar-refractivity contribution in [3.05, 3.63) is 48.0 Å². The number of hydrogen-bond acceptors (Lipinski definition) is 0. The molecule has 0 heteroatoms. The molecule has 0 aromatic heterocycles. The monoisotopic (exact) mass is 268 g/mol. The summed E-state index contributed by atoms with van der Waals surface area (Å²) in [5.41, 5.74) is 1.75. The normalized spacial score (nSPS) is 12.8. The third kappa shape index (κ3) is 2.16. The largest absolute Gasteiger partial charge is 0.0619 e. The molecule has 2 aromatic carbocycles. The van der Waals surface area contributed by atoms with Crippen molar-refractivity contribution < 1.29 is 0 Å². The Morgan fingerprint density at radius 2 is 1.15 bits per heavy atom. The lowest BCUT2D eigenvalue weighted by molar-refractivity contribution is 0.150. The van der Waals surface area contributed by atoms with E-state index in [2.05, 4.69) is 84.0 Å². The Balaban J connectivity index is 2.82. The van der Waals surface area contributed by atoms with Crippen LogP contribution >= 0.6 is 0 Å². The van der Waals surface area contributed by atoms with E-state index < -0.39 is 0 Å². The fourth-order valence-electron chi connectivity index (χ4n) is 4.54. The van der Waals surface area contributed by atoms with Crippen LogP contribution in [0.5, 0.6) is 0 Å². The smallest absolute Gasteiger partial charge is 0.00280 e. The Kier molecular flexibility index (Phi) is 4.22. The van der Waals surface area contributed by atoms with E-state index in [1.807, 2.05) is 0 Å². The molecule has 0 aliphatic heterocycles. The summed E-state index contributed by atoms with van der Waals surface area (Å²) in [6.45, 7) is 14.3. The first-order chi connectivity index (χ1) is 9.42. The summed E-state index contributed by atoms with van der Waals surface area (Å²) < 4.78 is 0. The van der Waals surface area contributed by atoms with Gasteiger partial charge in [-0.25, -0.2) is 0 Å². The highest BCUT2D eigenvalue weighted by atomic mass is 14.5. The molecule has 2 rings (SSSR count). The van der Waals surface area contributed by atoms with Gasteiger partial charge in [0, 0.05) is 5.41 Å². The van der Waals surface area contributed by atoms with Crippen molar-refractivity contribution in [3.8, 4) is 0 Å². The Hall–Kier alpha value is -1.30. The zero-order chi connectivity index (χ0) is 14.9. The van der Waals surface area contributed by atoms with Gasteiger partial charge in [0.25, 0.3) is 0 Å². The van der Waals surface area contributed by atoms with Crippen molar-refractivity contribution in [2.24, 2.45) is 17.8 Å². The number of benzene rings is 2. The third-order valence-electron chi connectivity index (χ3n) is 5.12. The van der Waals surface area contributed by atoms with Crippen molar-refractivity contribution in [1.29, 1.82) is 0 Å². The van der Waals surface area contributed by atoms with E-state index in [-0.39, 0.29) is 5.41 Å². The molecule has 0 unspecified atom stereocenters. The first kappa shape index (κ1) is 15.1. The van der Waals surface area contributed by atoms with Gasteiger partial charge in [-0.15, -0.1) is 0 Å². The van der Waals surface area contributed by atoms with Gasteiger partial charge >= 0.3 is 0 Å². The first-order valence-electron chi connectivity index (χ1n) is 7.90. The van der Waals surface area contributed by atoms with E-state index in [1.165, 1.54) is 16.3 Å². The molecule has 0 saturated carbocycles. The van der Waals surface area contributed by atoms with Crippen LogP contribution in [0.1, 0.15) is 47.1 Å². The molecule has 0 radical (unpaired) electrons. The minimum Gasteiger partial charge on any atom is -0.0619 e. The van der Waals surface area contributed by atoms with Gasteiger partial charge in [-0.1, -0.05) is 84.0 Å². The molecule has 0 spiro atoms. The topological polar surface area (TPSA) is 0 Å². The van der Waals surface area contributed by atoms with E-state index >= 15 is 0 Å². The fourth-order valence-corrected chi connectivity index (χ4v) is 4.54. The number of fused-ring (bicyclic) bond motifs is 1. The number of hydrogen-bond donors (Lipinski definition) is 0. The molecule has 0 heterocycles. The predicted octanol–water partition coefficient (Wildman–Crippen LogP) is 6.05. The average molecular weight is 268 g/mol. The Morgan fingerprint density at radius 1 is 0.650 bits per heavy atom. The van der Waals surface area contributed by atoms with Crippen molar-refractivity contribution >= 4 is 10.8 Å². The lowest BCUT2D eigenvalue weighted by atomic mass is 9.58. The van der Waals surface area contributed by atoms with Crippen LogP contribution in [0.3, 0.4) is 0 Å². The van der Waals surface area contributed by atoms with E-state index in [9.17, 15) is 0 Å². The molecule has 0 aliphatic rings. The van der Waals surface area contributed by atoms with Crippen molar-refractivity contribution in [1.82, 2.24) is 0 Å². The second kappa shape index (κ2) is 5.60. The van der Waals surface area contributed by atoms with Gasteiger partial charge in [-0.05, 0) is 34.1 Å². The zero-order valence-electron chi connectivity index (χ0n) is 13.8. The van der Waals surface area contributed by atoms with Crippen LogP contribution < -0.4 is 0 Å². The summed E-state index contributed by atoms with van der Waals surface area (Å²) in [6.07, 6.45) is 0. The molecule has 20 heavy (non-hydrogen) atoms. The van der Waals surface area contributed by atoms with Gasteiger partial charge in [0.1, 0.15) is 0 Å². The molecule has 0 bridgehead atoms. The number of rotatable bonds is 4. The maximum atomic E-state index is 2.38. The molecule has 0 atom stereocenters. The van der Waals surface area contributed by atoms with Crippen LogP contribution in [0.15, 0.2) is 42.5 Å². The molecule has 108 valence electrons. The lowest BCUT2D eigenvalue weighted by Gasteiger charge is -2.46. The van der Waals surface area contributed by atoms with E-state index in [1.54, 1.807) is 0 Å². The minimum atomic E-state index is 0.223. The molecular weight excluding hydrogens is 240 g/mol. The van der Waals surface area contributed by atoms with Gasteiger partial charge in [0.2, 0.25) is 0 Å². The van der Waals surface area contributed by atoms with Gasteiger partial charge in [-0.3, -0.25) is 0 Å². The maximum absolute atomic E-state index is 2.38. The van der Waals surface area contributed by atoms with Crippen molar-refractivity contribution in [2.45, 2.75) is 47.0 Å². The van der Waals surface area contributed by atoms with Gasteiger partial charge in [0.05, 0.1) is 0 Å². The van der Waals surface area contributed by atoms with Crippen molar-refractivity contribution in [3.63, 3.8) is 0 Å². The summed E-state index contributed by atoms with van der Waals surface area (Å²) in [7, 11) is 0. The van der Waals surface area contributed by atoms with E-state index in [4.69, 9.17) is 0 Å². The highest BCUT2D eigenvalue weighted by molar-refractivity contribution is 5.86. The minimum absolute atomic E-state index is 0.223. The summed E-state index contributed by atoms with van der Waals surface area (Å²) in [5, 5.41) is 2.78. The average Bonchev–Trinajstić information content (AvgIpc) is 2.38. The molecule has 0 N–H and O–H groups in total. The standard InChI is InChI=1S/C20H28/c1-14(2)20(15(3)4,16(5)6)19-13-9-11-17-10-7-8-12-18(17)19/h7-16H,1-6H3. The van der Waals surface area contributed by atoms with E-state index in [0.29, 0.717) is 17.8 Å². The van der Waals surface area contributed by atoms with Crippen LogP contribution in [0.25, 0.3) is 10.8 Å². The van der Waals surface area contributed by atoms with Crippen molar-refractivity contribution in [2.75, 3.05) is 0 Å². The molecule has 0 amide bonds. The maximum Gasteiger partial charge on any atom is 0.00280 e. The van der Waals surface area contributed by atoms with Crippen LogP contribution in [0.4, 0.5) is 0 Å². The second-order valence-electron chi connectivity index (χ2n) is 6.92. The Labute approximate surface area is 124 Å². The quantitative estimate of drug-likeness (QED) is 0.633. The molecular formula is C20H28. The third-order valence-corrected chi connectivity index (χ3v) is 5.12. The highest BCUT2D eigenvalue weighted by Gasteiger charge is 2.42. The first-order valence-corrected chi connectivity index (χ1v) is 7.90. The second-order valence-corrected chi connectivity index (χ2v) is 6.92. The molecule has 0 nitrogen and oxygen atoms in total. The lowest BCUT2D eigenvalue weighted by Crippen LogP contribution is -2.43. The van der Waals surface area contributed by atoms with Crippen LogP contribution in [0, 0.1) is 17.8 Å². The van der Waals surface area contributed by atoms with Gasteiger partial charge in [0.15, 0.2) is 0 Å². The summed E-state index contributed by atoms with van der Waals surface area (Å²) >= 11 is 0. The predicted molar refractivity (Wildman–Crippen MR) is 90.1 cm³/mol. The van der Waals surface area contributed by atoms with Crippen LogP contribution in [-0.4, -0.2) is 0 Å². The summed E-state index contributed by atoms with van der Waals surface area (Å²) in [6, 6.07) is 15.6. The summed E-state index contributed by atoms with van der Waals surface area (Å²) in [4.78, 5) is 0. The molecule has 0 fully saturated rings. The summed E-state index contributed by atoms with van der Waals surface area (Å²) in [5.74, 6) is 1.86. The fraction of sp³-hybridized carbons (Fsp3) is 0.500. The Bertz CT molecular complexity index is 548. The molecule has 0 aliphatic carbocycles. The SMILES string of the molecule is CC(C)C(c1cccc2ccccc12)(C(C)C)C(C)C. The molecule has 0 saturated heterocycles. The molecule has 2 aromatic rings. The Morgan fingerprint density at radius 3 is 1.70 bits per heavy atom. The highest BCUT2D eigenvalue weighted by Crippen LogP contribution is 2.47. The van der Waals surface area contributed by atoms with Gasteiger partial charge in [-0.2, -0.15) is 0 Å². The van der Waals surface area contributed by atoms with Crippen LogP contribution in [0.2, 0.25) is 0 Å². The van der Waals surface area contributed by atoms with Gasteiger partial charge < -0.3 is 0 Å². The van der Waals surface area contributed by atoms with E-state index in [0.717, 1.165) is 0 Å². The van der Waals surface area contributed by atoms with Crippen LogP contribution in [-0.2, 0) is 5.41 Å². The zero-order valence-corrected chi connectivity index (χ0v) is 13.8.